The lowest BCUT2D eigenvalue weighted by Gasteiger charge is -2.26. The number of nitrogens with zero attached hydrogens (tertiary/aromatic N) is 1. The van der Waals surface area contributed by atoms with E-state index in [0.717, 1.165) is 12.1 Å². The smallest absolute Gasteiger partial charge is 0.411 e. The Balaban J connectivity index is 1.28. The van der Waals surface area contributed by atoms with Crippen LogP contribution in [0.4, 0.5) is 19.3 Å². The molecular weight excluding hydrogens is 618 g/mol. The van der Waals surface area contributed by atoms with Crippen LogP contribution in [0, 0.1) is 11.6 Å². The molecule has 246 valence electrons. The van der Waals surface area contributed by atoms with E-state index in [1.165, 1.54) is 42.3 Å². The van der Waals surface area contributed by atoms with E-state index in [1.807, 2.05) is 0 Å². The van der Waals surface area contributed by atoms with Crippen molar-refractivity contribution in [1.82, 2.24) is 4.90 Å². The average Bonchev–Trinajstić information content (AvgIpc) is 3.42. The van der Waals surface area contributed by atoms with Crippen molar-refractivity contribution in [2.24, 2.45) is 0 Å². The van der Waals surface area contributed by atoms with Gasteiger partial charge < -0.3 is 23.8 Å². The van der Waals surface area contributed by atoms with Crippen LogP contribution < -0.4 is 14.8 Å². The van der Waals surface area contributed by atoms with E-state index < -0.39 is 42.3 Å². The Bertz CT molecular complexity index is 1690. The van der Waals surface area contributed by atoms with Crippen molar-refractivity contribution in [3.05, 3.63) is 82.9 Å². The van der Waals surface area contributed by atoms with Crippen molar-refractivity contribution in [2.75, 3.05) is 19.0 Å². The molecule has 2 aliphatic rings. The predicted molar refractivity (Wildman–Crippen MR) is 162 cm³/mol. The number of ketones is 2. The van der Waals surface area contributed by atoms with Crippen LogP contribution in [0.25, 0.3) is 0 Å². The summed E-state index contributed by atoms with van der Waals surface area (Å²) in [6, 6.07) is 11.7. The first kappa shape index (κ1) is 33.0. The maximum absolute atomic E-state index is 13.8. The number of methoxy groups -OCH3 is 1. The van der Waals surface area contributed by atoms with Crippen LogP contribution in [-0.2, 0) is 37.0 Å². The fourth-order valence-electron chi connectivity index (χ4n) is 5.43. The van der Waals surface area contributed by atoms with Crippen LogP contribution in [0.3, 0.4) is 0 Å². The van der Waals surface area contributed by atoms with Crippen molar-refractivity contribution in [2.45, 2.75) is 57.7 Å². The molecule has 1 saturated carbocycles. The molecule has 13 heteroatoms. The minimum atomic E-state index is -1.05. The van der Waals surface area contributed by atoms with Crippen molar-refractivity contribution in [3.63, 3.8) is 0 Å². The number of ether oxygens (including phenoxy) is 4. The number of amides is 2. The highest BCUT2D eigenvalue weighted by molar-refractivity contribution is 6.04. The number of halogens is 2. The van der Waals surface area contributed by atoms with Crippen LogP contribution in [0.5, 0.6) is 17.2 Å². The van der Waals surface area contributed by atoms with Crippen LogP contribution in [0.15, 0.2) is 54.6 Å². The Morgan fingerprint density at radius 3 is 2.40 bits per heavy atom. The SMILES string of the molecule is COC(=O)COc1c(COC(=O)Nc2ccc(Oc3ccc(F)c(F)c3)cc2)ccc2c1C(=O)N(C1CCC(=O)CCCCC1=O)C2. The topological polar surface area (TPSA) is 138 Å². The molecule has 2 amide bonds. The molecule has 0 aromatic heterocycles. The Hall–Kier alpha value is -5.33. The third-order valence-corrected chi connectivity index (χ3v) is 7.86. The van der Waals surface area contributed by atoms with E-state index in [4.69, 9.17) is 14.2 Å². The summed E-state index contributed by atoms with van der Waals surface area (Å²) < 4.78 is 47.9. The summed E-state index contributed by atoms with van der Waals surface area (Å²) in [6.45, 7) is -0.739. The standard InChI is InChI=1S/C34H32F2N2O9/c1-44-30(41)19-45-32-21(7-6-20-17-38(33(42)31(20)32)28-15-10-23(39)4-2-3-5-29(28)40)18-46-34(43)37-22-8-11-24(12-9-22)47-25-13-14-26(35)27(36)16-25/h6-9,11-14,16,28H,2-5,10,15,17-19H2,1H3,(H,37,43). The number of esters is 1. The maximum atomic E-state index is 13.8. The number of fused-ring (bicyclic) bond motifs is 1. The second-order valence-electron chi connectivity index (χ2n) is 11.1. The summed E-state index contributed by atoms with van der Waals surface area (Å²) in [4.78, 5) is 65.1. The Morgan fingerprint density at radius 1 is 0.915 bits per heavy atom. The van der Waals surface area contributed by atoms with Gasteiger partial charge in [0.15, 0.2) is 24.0 Å². The molecule has 1 aliphatic heterocycles. The number of rotatable bonds is 9. The molecule has 0 spiro atoms. The molecule has 1 N–H and O–H groups in total. The molecule has 11 nitrogen and oxygen atoms in total. The van der Waals surface area contributed by atoms with E-state index in [1.54, 1.807) is 12.1 Å². The molecule has 1 heterocycles. The van der Waals surface area contributed by atoms with Gasteiger partial charge in [0, 0.05) is 43.1 Å². The minimum absolute atomic E-state index is 0.0264. The van der Waals surface area contributed by atoms with Crippen LogP contribution in [0.2, 0.25) is 0 Å². The number of carbonyl (C=O) groups excluding carboxylic acids is 5. The third kappa shape index (κ3) is 8.10. The summed E-state index contributed by atoms with van der Waals surface area (Å²) >= 11 is 0. The van der Waals surface area contributed by atoms with Gasteiger partial charge in [-0.05, 0) is 61.2 Å². The molecule has 1 fully saturated rings. The molecule has 1 unspecified atom stereocenters. The third-order valence-electron chi connectivity index (χ3n) is 7.86. The Labute approximate surface area is 268 Å². The van der Waals surface area contributed by atoms with Crippen LogP contribution >= 0.6 is 0 Å². The minimum Gasteiger partial charge on any atom is -0.481 e. The van der Waals surface area contributed by atoms with E-state index >= 15 is 0 Å². The highest BCUT2D eigenvalue weighted by Gasteiger charge is 2.39. The van der Waals surface area contributed by atoms with Gasteiger partial charge in [0.05, 0.1) is 18.7 Å². The predicted octanol–water partition coefficient (Wildman–Crippen LogP) is 5.87. The lowest BCUT2D eigenvalue weighted by atomic mass is 10.0. The zero-order chi connectivity index (χ0) is 33.5. The van der Waals surface area contributed by atoms with Gasteiger partial charge in [-0.15, -0.1) is 0 Å². The number of nitrogens with one attached hydrogen (secondary N) is 1. The number of carbonyl (C=O) groups is 5. The quantitative estimate of drug-likeness (QED) is 0.282. The molecule has 3 aromatic carbocycles. The first-order chi connectivity index (χ1) is 22.6. The highest BCUT2D eigenvalue weighted by Crippen LogP contribution is 2.37. The fraction of sp³-hybridized carbons (Fsp3) is 0.324. The normalized spacial score (nSPS) is 16.4. The van der Waals surface area contributed by atoms with E-state index in [0.29, 0.717) is 41.8 Å². The first-order valence-electron chi connectivity index (χ1n) is 15.0. The molecule has 5 rings (SSSR count). The van der Waals surface area contributed by atoms with E-state index in [9.17, 15) is 32.8 Å². The lowest BCUT2D eigenvalue weighted by Crippen LogP contribution is -2.41. The molecule has 47 heavy (non-hydrogen) atoms. The van der Waals surface area contributed by atoms with E-state index in [-0.39, 0.29) is 61.0 Å². The lowest BCUT2D eigenvalue weighted by molar-refractivity contribution is -0.143. The summed E-state index contributed by atoms with van der Waals surface area (Å²) in [5.74, 6) is -2.86. The van der Waals surface area contributed by atoms with Crippen molar-refractivity contribution < 1.29 is 51.7 Å². The largest absolute Gasteiger partial charge is 0.481 e. The summed E-state index contributed by atoms with van der Waals surface area (Å²) in [7, 11) is 1.19. The van der Waals surface area contributed by atoms with Gasteiger partial charge >= 0.3 is 12.1 Å². The van der Waals surface area contributed by atoms with Crippen molar-refractivity contribution in [1.29, 1.82) is 0 Å². The molecule has 3 aromatic rings. The number of benzene rings is 3. The highest BCUT2D eigenvalue weighted by atomic mass is 19.2. The van der Waals surface area contributed by atoms with Gasteiger partial charge in [0.2, 0.25) is 0 Å². The van der Waals surface area contributed by atoms with Crippen LogP contribution in [-0.4, -0.2) is 54.2 Å². The second kappa shape index (κ2) is 14.8. The summed E-state index contributed by atoms with van der Waals surface area (Å²) in [5, 5.41) is 2.55. The maximum Gasteiger partial charge on any atom is 0.411 e. The second-order valence-corrected chi connectivity index (χ2v) is 11.1. The first-order valence-corrected chi connectivity index (χ1v) is 15.0. The summed E-state index contributed by atoms with van der Waals surface area (Å²) in [6.07, 6.45) is 1.46. The van der Waals surface area contributed by atoms with Gasteiger partial charge in [0.1, 0.15) is 29.6 Å². The fourth-order valence-corrected chi connectivity index (χ4v) is 5.43. The molecule has 0 bridgehead atoms. The van der Waals surface area contributed by atoms with Gasteiger partial charge in [-0.2, -0.15) is 0 Å². The number of anilines is 1. The molecule has 0 saturated heterocycles. The zero-order valence-electron chi connectivity index (χ0n) is 25.5. The Kier molecular flexibility index (Phi) is 10.4. The van der Waals surface area contributed by atoms with Gasteiger partial charge in [0.25, 0.3) is 5.91 Å². The van der Waals surface area contributed by atoms with Crippen LogP contribution in [0.1, 0.15) is 60.0 Å². The number of hydrogen-bond acceptors (Lipinski definition) is 9. The molecule has 0 radical (unpaired) electrons. The molecule has 1 atom stereocenters. The zero-order valence-corrected chi connectivity index (χ0v) is 25.5. The average molecular weight is 651 g/mol. The van der Waals surface area contributed by atoms with Gasteiger partial charge in [-0.1, -0.05) is 12.1 Å². The van der Waals surface area contributed by atoms with Gasteiger partial charge in [-0.3, -0.25) is 19.7 Å². The van der Waals surface area contributed by atoms with Crippen molar-refractivity contribution in [3.8, 4) is 17.2 Å². The van der Waals surface area contributed by atoms with Crippen molar-refractivity contribution >= 4 is 35.2 Å². The molecular formula is C34H32F2N2O9. The summed E-state index contributed by atoms with van der Waals surface area (Å²) in [5.41, 5.74) is 1.34. The van der Waals surface area contributed by atoms with E-state index in [2.05, 4.69) is 10.1 Å². The Morgan fingerprint density at radius 2 is 1.66 bits per heavy atom. The van der Waals surface area contributed by atoms with Gasteiger partial charge in [-0.25, -0.2) is 18.4 Å². The number of Topliss-reactive ketones (excluding diaryl/α,β-unsaturated/α-hetero) is 2. The number of hydrogen-bond donors (Lipinski definition) is 1. The monoisotopic (exact) mass is 650 g/mol. The molecule has 1 aliphatic carbocycles.